The van der Waals surface area contributed by atoms with Crippen LogP contribution in [0.3, 0.4) is 0 Å². The van der Waals surface area contributed by atoms with E-state index in [-0.39, 0.29) is 0 Å². The zero-order valence-electron chi connectivity index (χ0n) is 17.0. The average molecular weight is 413 g/mol. The fourth-order valence-corrected chi connectivity index (χ4v) is 4.02. The van der Waals surface area contributed by atoms with Crippen LogP contribution in [0, 0.1) is 5.92 Å². The Morgan fingerprint density at radius 3 is 2.27 bits per heavy atom. The van der Waals surface area contributed by atoms with Crippen molar-refractivity contribution >= 4 is 5.97 Å². The molecule has 30 heavy (non-hydrogen) atoms. The van der Waals surface area contributed by atoms with E-state index in [1.165, 1.54) is 0 Å². The van der Waals surface area contributed by atoms with Crippen LogP contribution < -0.4 is 9.47 Å². The molecule has 0 saturated carbocycles. The van der Waals surface area contributed by atoms with Crippen molar-refractivity contribution in [2.45, 2.75) is 18.8 Å². The van der Waals surface area contributed by atoms with Crippen LogP contribution in [0.1, 0.15) is 12.5 Å². The Morgan fingerprint density at radius 2 is 1.67 bits per heavy atom. The number of hydrogen-bond acceptors (Lipinski definition) is 6. The van der Waals surface area contributed by atoms with Gasteiger partial charge in [-0.25, -0.2) is 0 Å². The molecule has 0 bridgehead atoms. The Balaban J connectivity index is 1.56. The number of ether oxygens (including phenoxy) is 4. The van der Waals surface area contributed by atoms with Crippen molar-refractivity contribution in [1.82, 2.24) is 4.90 Å². The molecule has 2 unspecified atom stereocenters. The highest BCUT2D eigenvalue weighted by molar-refractivity contribution is 5.73. The second kappa shape index (κ2) is 9.04. The van der Waals surface area contributed by atoms with E-state index in [1.54, 1.807) is 19.1 Å². The van der Waals surface area contributed by atoms with Crippen molar-refractivity contribution < 1.29 is 28.8 Å². The zero-order chi connectivity index (χ0) is 21.0. The van der Waals surface area contributed by atoms with Crippen LogP contribution in [-0.2, 0) is 20.1 Å². The van der Waals surface area contributed by atoms with E-state index in [1.807, 2.05) is 42.5 Å². The van der Waals surface area contributed by atoms with Crippen LogP contribution in [0.25, 0.3) is 0 Å². The molecular formula is C23H27NO6. The van der Waals surface area contributed by atoms with Crippen molar-refractivity contribution in [2.75, 3.05) is 39.5 Å². The summed E-state index contributed by atoms with van der Waals surface area (Å²) in [6, 6.07) is 16.4. The van der Waals surface area contributed by atoms with Gasteiger partial charge in [0, 0.05) is 25.2 Å². The Morgan fingerprint density at radius 1 is 1.07 bits per heavy atom. The molecule has 2 heterocycles. The van der Waals surface area contributed by atoms with Crippen molar-refractivity contribution in [2.24, 2.45) is 5.92 Å². The molecule has 1 N–H and O–H groups in total. The van der Waals surface area contributed by atoms with Crippen molar-refractivity contribution in [3.8, 4) is 11.5 Å². The predicted molar refractivity (Wildman–Crippen MR) is 110 cm³/mol. The summed E-state index contributed by atoms with van der Waals surface area (Å²) in [7, 11) is 0. The molecule has 1 saturated heterocycles. The van der Waals surface area contributed by atoms with Crippen molar-refractivity contribution in [1.29, 1.82) is 0 Å². The lowest BCUT2D eigenvalue weighted by Crippen LogP contribution is -2.52. The van der Waals surface area contributed by atoms with Crippen LogP contribution in [0.5, 0.6) is 11.5 Å². The van der Waals surface area contributed by atoms with E-state index in [0.717, 1.165) is 19.6 Å². The maximum Gasteiger partial charge on any atom is 0.317 e. The van der Waals surface area contributed by atoms with Gasteiger partial charge in [-0.3, -0.25) is 9.69 Å². The number of benzene rings is 2. The molecule has 4 rings (SSSR count). The quantitative estimate of drug-likeness (QED) is 0.713. The molecule has 2 aliphatic rings. The number of aliphatic carboxylic acids is 1. The van der Waals surface area contributed by atoms with Gasteiger partial charge in [-0.05, 0) is 19.1 Å². The first-order valence-electron chi connectivity index (χ1n) is 10.3. The van der Waals surface area contributed by atoms with Crippen LogP contribution in [0.2, 0.25) is 0 Å². The molecule has 0 amide bonds. The maximum absolute atomic E-state index is 12.5. The molecule has 0 spiro atoms. The average Bonchev–Trinajstić information content (AvgIpc) is 3.15. The minimum absolute atomic E-state index is 0.419. The van der Waals surface area contributed by atoms with Gasteiger partial charge in [0.1, 0.15) is 0 Å². The Labute approximate surface area is 176 Å². The highest BCUT2D eigenvalue weighted by atomic mass is 16.7. The number of hydrogen-bond donors (Lipinski definition) is 1. The molecule has 7 heteroatoms. The number of morpholine rings is 1. The summed E-state index contributed by atoms with van der Waals surface area (Å²) in [5, 5.41) is 10.2. The van der Waals surface area contributed by atoms with Crippen LogP contribution >= 0.6 is 0 Å². The van der Waals surface area contributed by atoms with Crippen molar-refractivity contribution in [3.05, 3.63) is 60.2 Å². The smallest absolute Gasteiger partial charge is 0.317 e. The number of carboxylic acids is 1. The first-order valence-corrected chi connectivity index (χ1v) is 10.3. The number of fused-ring (bicyclic) bond motifs is 1. The zero-order valence-corrected chi connectivity index (χ0v) is 17.0. The summed E-state index contributed by atoms with van der Waals surface area (Å²) in [5.41, 5.74) is 0.636. The van der Waals surface area contributed by atoms with Crippen LogP contribution in [0.15, 0.2) is 54.6 Å². The van der Waals surface area contributed by atoms with Gasteiger partial charge in [-0.2, -0.15) is 0 Å². The van der Waals surface area contributed by atoms with Gasteiger partial charge in [0.05, 0.1) is 25.9 Å². The molecule has 0 aromatic heterocycles. The summed E-state index contributed by atoms with van der Waals surface area (Å²) < 4.78 is 23.8. The number of para-hydroxylation sites is 2. The second-order valence-electron chi connectivity index (χ2n) is 7.53. The Hall–Kier alpha value is -2.61. The lowest BCUT2D eigenvalue weighted by atomic mass is 9.87. The number of carbonyl (C=O) groups is 1. The third-order valence-electron chi connectivity index (χ3n) is 5.59. The van der Waals surface area contributed by atoms with Crippen LogP contribution in [0.4, 0.5) is 0 Å². The molecule has 7 nitrogen and oxygen atoms in total. The fourth-order valence-electron chi connectivity index (χ4n) is 4.02. The number of carboxylic acid groups (broad SMARTS) is 1. The molecule has 0 aliphatic carbocycles. The third kappa shape index (κ3) is 4.14. The van der Waals surface area contributed by atoms with Gasteiger partial charge >= 0.3 is 5.97 Å². The molecule has 2 aromatic carbocycles. The molecule has 1 fully saturated rings. The van der Waals surface area contributed by atoms with E-state index in [0.29, 0.717) is 36.9 Å². The van der Waals surface area contributed by atoms with Gasteiger partial charge in [0.15, 0.2) is 17.4 Å². The molecule has 2 aromatic rings. The predicted octanol–water partition coefficient (Wildman–Crippen LogP) is 2.75. The largest absolute Gasteiger partial charge is 0.481 e. The lowest BCUT2D eigenvalue weighted by Gasteiger charge is -2.36. The van der Waals surface area contributed by atoms with Gasteiger partial charge in [0.25, 0.3) is 5.79 Å². The Kier molecular flexibility index (Phi) is 6.22. The Bertz CT molecular complexity index is 827. The topological polar surface area (TPSA) is 77.5 Å². The fraction of sp³-hybridized carbons (Fsp3) is 0.435. The molecule has 2 atom stereocenters. The van der Waals surface area contributed by atoms with Crippen molar-refractivity contribution in [3.63, 3.8) is 0 Å². The van der Waals surface area contributed by atoms with Gasteiger partial charge in [-0.15, -0.1) is 0 Å². The highest BCUT2D eigenvalue weighted by Gasteiger charge is 2.56. The SMILES string of the molecule is CC(OCCN1CCOCC1)C(C(=O)O)C1(c2ccccc2)Oc2ccccc2O1. The van der Waals surface area contributed by atoms with Gasteiger partial charge in [0.2, 0.25) is 0 Å². The minimum Gasteiger partial charge on any atom is -0.481 e. The summed E-state index contributed by atoms with van der Waals surface area (Å²) in [5.74, 6) is -2.57. The molecular weight excluding hydrogens is 386 g/mol. The van der Waals surface area contributed by atoms with Gasteiger partial charge in [-0.1, -0.05) is 42.5 Å². The summed E-state index contributed by atoms with van der Waals surface area (Å²) in [6.07, 6.45) is -0.641. The normalized spacial score (nSPS) is 19.9. The monoisotopic (exact) mass is 413 g/mol. The van der Waals surface area contributed by atoms with E-state index >= 15 is 0 Å². The minimum atomic E-state index is -1.50. The molecule has 2 aliphatic heterocycles. The van der Waals surface area contributed by atoms with Gasteiger partial charge < -0.3 is 24.1 Å². The standard InChI is InChI=1S/C23H27NO6/c1-17(28-16-13-24-11-14-27-15-12-24)21(22(25)26)23(18-7-3-2-4-8-18)29-19-9-5-6-10-20(19)30-23/h2-10,17,21H,11-16H2,1H3,(H,25,26). The third-order valence-corrected chi connectivity index (χ3v) is 5.59. The van der Waals surface area contributed by atoms with E-state index < -0.39 is 23.8 Å². The van der Waals surface area contributed by atoms with E-state index in [9.17, 15) is 9.90 Å². The summed E-state index contributed by atoms with van der Waals surface area (Å²) in [4.78, 5) is 14.7. The van der Waals surface area contributed by atoms with E-state index in [4.69, 9.17) is 18.9 Å². The summed E-state index contributed by atoms with van der Waals surface area (Å²) >= 11 is 0. The second-order valence-corrected chi connectivity index (χ2v) is 7.53. The number of rotatable bonds is 8. The maximum atomic E-state index is 12.5. The summed E-state index contributed by atoms with van der Waals surface area (Å²) in [6.45, 7) is 6.04. The molecule has 160 valence electrons. The lowest BCUT2D eigenvalue weighted by molar-refractivity contribution is -0.195. The first-order chi connectivity index (χ1) is 14.6. The first kappa shape index (κ1) is 20.7. The molecule has 0 radical (unpaired) electrons. The van der Waals surface area contributed by atoms with Crippen LogP contribution in [-0.4, -0.2) is 61.5 Å². The number of nitrogens with zero attached hydrogens (tertiary/aromatic N) is 1. The highest BCUT2D eigenvalue weighted by Crippen LogP contribution is 2.48. The van der Waals surface area contributed by atoms with E-state index in [2.05, 4.69) is 4.90 Å².